The number of rotatable bonds is 0. The maximum Gasteiger partial charge on any atom is 0.0864 e. The summed E-state index contributed by atoms with van der Waals surface area (Å²) in [5, 5.41) is 0. The van der Waals surface area contributed by atoms with Gasteiger partial charge in [0.25, 0.3) is 0 Å². The first kappa shape index (κ1) is 12.4. The molecule has 0 bridgehead atoms. The Kier molecular flexibility index (Phi) is 3.94. The SMILES string of the molecule is CC1CC(C)C[N+]2(CCCCCC2)C(C)C1. The molecule has 0 amide bonds. The first-order chi connectivity index (χ1) is 7.62. The summed E-state index contributed by atoms with van der Waals surface area (Å²) in [7, 11) is 0. The van der Waals surface area contributed by atoms with Gasteiger partial charge < -0.3 is 4.48 Å². The number of quaternary nitrogens is 1. The molecule has 2 aliphatic heterocycles. The molecule has 0 aromatic heterocycles. The van der Waals surface area contributed by atoms with Gasteiger partial charge in [0.05, 0.1) is 25.7 Å². The summed E-state index contributed by atoms with van der Waals surface area (Å²) in [5.74, 6) is 1.89. The zero-order chi connectivity index (χ0) is 11.6. The molecule has 16 heavy (non-hydrogen) atoms. The van der Waals surface area contributed by atoms with E-state index in [4.69, 9.17) is 0 Å². The highest BCUT2D eigenvalue weighted by Gasteiger charge is 2.39. The predicted molar refractivity (Wildman–Crippen MR) is 70.4 cm³/mol. The minimum Gasteiger partial charge on any atom is -0.321 e. The lowest BCUT2D eigenvalue weighted by molar-refractivity contribution is -0.950. The zero-order valence-electron chi connectivity index (χ0n) is 11.5. The lowest BCUT2D eigenvalue weighted by Gasteiger charge is -2.43. The molecule has 1 nitrogen and oxygen atoms in total. The third-order valence-electron chi connectivity index (χ3n) is 5.12. The Labute approximate surface area is 102 Å². The van der Waals surface area contributed by atoms with Crippen molar-refractivity contribution in [1.82, 2.24) is 0 Å². The molecular weight excluding hydrogens is 194 g/mol. The van der Waals surface area contributed by atoms with Crippen LogP contribution in [0.1, 0.15) is 59.3 Å². The first-order valence-electron chi connectivity index (χ1n) is 7.48. The maximum atomic E-state index is 2.53. The molecule has 0 radical (unpaired) electrons. The summed E-state index contributed by atoms with van der Waals surface area (Å²) in [6.45, 7) is 11.9. The van der Waals surface area contributed by atoms with Gasteiger partial charge in [-0.2, -0.15) is 0 Å². The van der Waals surface area contributed by atoms with E-state index in [9.17, 15) is 0 Å². The van der Waals surface area contributed by atoms with E-state index in [0.29, 0.717) is 0 Å². The van der Waals surface area contributed by atoms with E-state index in [0.717, 1.165) is 17.9 Å². The summed E-state index contributed by atoms with van der Waals surface area (Å²) in [5.41, 5.74) is 0. The lowest BCUT2D eigenvalue weighted by atomic mass is 9.95. The molecule has 0 aliphatic carbocycles. The highest BCUT2D eigenvalue weighted by Crippen LogP contribution is 2.33. The van der Waals surface area contributed by atoms with Crippen molar-refractivity contribution in [3.05, 3.63) is 0 Å². The van der Waals surface area contributed by atoms with Gasteiger partial charge in [0, 0.05) is 12.3 Å². The molecule has 2 saturated heterocycles. The summed E-state index contributed by atoms with van der Waals surface area (Å²) < 4.78 is 1.46. The van der Waals surface area contributed by atoms with Crippen LogP contribution >= 0.6 is 0 Å². The molecule has 1 heteroatoms. The van der Waals surface area contributed by atoms with Crippen LogP contribution in [0.2, 0.25) is 0 Å². The maximum absolute atomic E-state index is 2.53. The third kappa shape index (κ3) is 2.61. The smallest absolute Gasteiger partial charge is 0.0864 e. The summed E-state index contributed by atoms with van der Waals surface area (Å²) in [4.78, 5) is 0. The Bertz CT molecular complexity index is 215. The van der Waals surface area contributed by atoms with E-state index in [1.807, 2.05) is 0 Å². The van der Waals surface area contributed by atoms with Crippen LogP contribution in [-0.4, -0.2) is 30.2 Å². The molecular formula is C15H30N+. The minimum atomic E-state index is 0.915. The van der Waals surface area contributed by atoms with Crippen LogP contribution in [0.3, 0.4) is 0 Å². The molecule has 2 fully saturated rings. The van der Waals surface area contributed by atoms with Gasteiger partial charge in [0.2, 0.25) is 0 Å². The van der Waals surface area contributed by atoms with Crippen LogP contribution in [0.25, 0.3) is 0 Å². The number of nitrogens with zero attached hydrogens (tertiary/aromatic N) is 1. The van der Waals surface area contributed by atoms with E-state index < -0.39 is 0 Å². The average Bonchev–Trinajstić information content (AvgIpc) is 2.47. The van der Waals surface area contributed by atoms with Crippen molar-refractivity contribution in [1.29, 1.82) is 0 Å². The molecule has 0 saturated carbocycles. The van der Waals surface area contributed by atoms with Gasteiger partial charge in [-0.25, -0.2) is 0 Å². The van der Waals surface area contributed by atoms with Gasteiger partial charge >= 0.3 is 0 Å². The summed E-state index contributed by atoms with van der Waals surface area (Å²) >= 11 is 0. The van der Waals surface area contributed by atoms with Crippen LogP contribution in [-0.2, 0) is 0 Å². The monoisotopic (exact) mass is 224 g/mol. The highest BCUT2D eigenvalue weighted by molar-refractivity contribution is 4.71. The lowest BCUT2D eigenvalue weighted by Crippen LogP contribution is -2.55. The molecule has 0 N–H and O–H groups in total. The van der Waals surface area contributed by atoms with Crippen molar-refractivity contribution < 1.29 is 4.48 Å². The Morgan fingerprint density at radius 3 is 2.00 bits per heavy atom. The second-order valence-corrected chi connectivity index (χ2v) is 6.79. The Morgan fingerprint density at radius 1 is 0.750 bits per heavy atom. The topological polar surface area (TPSA) is 0 Å². The van der Waals surface area contributed by atoms with E-state index in [2.05, 4.69) is 20.8 Å². The molecule has 2 rings (SSSR count). The van der Waals surface area contributed by atoms with Gasteiger partial charge in [-0.3, -0.25) is 0 Å². The summed E-state index contributed by atoms with van der Waals surface area (Å²) in [6.07, 6.45) is 8.85. The fraction of sp³-hybridized carbons (Fsp3) is 1.00. The van der Waals surface area contributed by atoms with Crippen LogP contribution < -0.4 is 0 Å². The highest BCUT2D eigenvalue weighted by atomic mass is 15.4. The fourth-order valence-electron chi connectivity index (χ4n) is 4.41. The third-order valence-corrected chi connectivity index (χ3v) is 5.12. The van der Waals surface area contributed by atoms with E-state index in [1.165, 1.54) is 62.6 Å². The second-order valence-electron chi connectivity index (χ2n) is 6.79. The minimum absolute atomic E-state index is 0.915. The van der Waals surface area contributed by atoms with Crippen molar-refractivity contribution in [2.24, 2.45) is 11.8 Å². The van der Waals surface area contributed by atoms with E-state index in [1.54, 1.807) is 0 Å². The normalized spacial score (nSPS) is 40.3. The zero-order valence-corrected chi connectivity index (χ0v) is 11.5. The molecule has 2 aliphatic rings. The Hall–Kier alpha value is -0.0400. The van der Waals surface area contributed by atoms with Crippen LogP contribution in [0.4, 0.5) is 0 Å². The molecule has 1 spiro atoms. The molecule has 94 valence electrons. The molecule has 3 atom stereocenters. The van der Waals surface area contributed by atoms with Crippen LogP contribution in [0, 0.1) is 11.8 Å². The van der Waals surface area contributed by atoms with E-state index in [-0.39, 0.29) is 0 Å². The fourth-order valence-corrected chi connectivity index (χ4v) is 4.41. The number of hydrogen-bond donors (Lipinski definition) is 0. The second kappa shape index (κ2) is 5.08. The Balaban J connectivity index is 2.14. The van der Waals surface area contributed by atoms with Crippen LogP contribution in [0.15, 0.2) is 0 Å². The van der Waals surface area contributed by atoms with Crippen LogP contribution in [0.5, 0.6) is 0 Å². The van der Waals surface area contributed by atoms with Gasteiger partial charge in [-0.15, -0.1) is 0 Å². The predicted octanol–water partition coefficient (Wildman–Crippen LogP) is 3.83. The van der Waals surface area contributed by atoms with Crippen molar-refractivity contribution in [2.45, 2.75) is 65.3 Å². The molecule has 3 unspecified atom stereocenters. The van der Waals surface area contributed by atoms with Gasteiger partial charge in [0.1, 0.15) is 0 Å². The Morgan fingerprint density at radius 2 is 1.38 bits per heavy atom. The van der Waals surface area contributed by atoms with Gasteiger partial charge in [0.15, 0.2) is 0 Å². The van der Waals surface area contributed by atoms with E-state index >= 15 is 0 Å². The first-order valence-corrected chi connectivity index (χ1v) is 7.48. The number of hydrogen-bond acceptors (Lipinski definition) is 0. The van der Waals surface area contributed by atoms with Crippen molar-refractivity contribution in [3.63, 3.8) is 0 Å². The standard InChI is InChI=1S/C15H30N/c1-13-10-14(2)12-16(15(3)11-13)8-6-4-5-7-9-16/h13-15H,4-12H2,1-3H3/q+1. The molecule has 2 heterocycles. The molecule has 0 aromatic carbocycles. The van der Waals surface area contributed by atoms with Gasteiger partial charge in [-0.1, -0.05) is 13.8 Å². The van der Waals surface area contributed by atoms with Crippen molar-refractivity contribution in [2.75, 3.05) is 19.6 Å². The largest absolute Gasteiger partial charge is 0.321 e. The average molecular weight is 224 g/mol. The van der Waals surface area contributed by atoms with Crippen molar-refractivity contribution >= 4 is 0 Å². The van der Waals surface area contributed by atoms with Crippen molar-refractivity contribution in [3.8, 4) is 0 Å². The quantitative estimate of drug-likeness (QED) is 0.549. The molecule has 0 aromatic rings. The van der Waals surface area contributed by atoms with Gasteiger partial charge in [-0.05, 0) is 44.9 Å². The summed E-state index contributed by atoms with van der Waals surface area (Å²) in [6, 6.07) is 0.915.